The summed E-state index contributed by atoms with van der Waals surface area (Å²) in [6, 6.07) is 44.4. The first-order chi connectivity index (χ1) is 29.1. The molecule has 0 amide bonds. The van der Waals surface area contributed by atoms with Crippen LogP contribution in [0.2, 0.25) is 0 Å². The van der Waals surface area contributed by atoms with Crippen molar-refractivity contribution in [1.29, 1.82) is 0 Å². The molecule has 10 aromatic rings. The minimum absolute atomic E-state index is 0.0375. The second-order valence-electron chi connectivity index (χ2n) is 12.7. The predicted molar refractivity (Wildman–Crippen MR) is 220 cm³/mol. The van der Waals surface area contributed by atoms with E-state index in [9.17, 15) is 11.0 Å². The first-order valence-corrected chi connectivity index (χ1v) is 17.1. The fourth-order valence-electron chi connectivity index (χ4n) is 7.13. The standard InChI is InChI=1S/C50H33NO/c1-3-14-42-34(10-1)12-7-17-44(42)36-22-28-39(29-23-36)51(40-30-24-37(25-31-40)45-18-8-13-35-11-2-4-15-43(35)45)41-32-26-38(27-33-41)46-19-9-20-48-47-16-5-6-21-49(47)52-50(46)48/h1-33H/i22D,23D,26D,27D,28D,29D,32D,33D. The SMILES string of the molecule is [2H]c1c([2H])c(N(c2ccc(-c3cccc4ccccc34)cc2)c2c([2H])c([2H])c(-c3cccc4c3oc3ccccc34)c([2H])c2[2H])c([2H])c([2H])c1-c1cccc2ccccc12. The van der Waals surface area contributed by atoms with E-state index in [-0.39, 0.29) is 46.7 Å². The summed E-state index contributed by atoms with van der Waals surface area (Å²) in [6.45, 7) is 0. The molecule has 0 bridgehead atoms. The number of anilines is 3. The maximum Gasteiger partial charge on any atom is 0.143 e. The van der Waals surface area contributed by atoms with Gasteiger partial charge in [-0.15, -0.1) is 0 Å². The highest BCUT2D eigenvalue weighted by molar-refractivity contribution is 6.09. The van der Waals surface area contributed by atoms with Gasteiger partial charge in [-0.25, -0.2) is 0 Å². The van der Waals surface area contributed by atoms with Gasteiger partial charge in [-0.1, -0.05) is 158 Å². The lowest BCUT2D eigenvalue weighted by Crippen LogP contribution is -2.09. The number of furan rings is 1. The summed E-state index contributed by atoms with van der Waals surface area (Å²) in [7, 11) is 0. The highest BCUT2D eigenvalue weighted by Crippen LogP contribution is 2.41. The highest BCUT2D eigenvalue weighted by atomic mass is 16.3. The lowest BCUT2D eigenvalue weighted by Gasteiger charge is -2.26. The Balaban J connectivity index is 1.22. The molecule has 1 aromatic heterocycles. The van der Waals surface area contributed by atoms with Crippen LogP contribution in [-0.2, 0) is 0 Å². The molecule has 10 rings (SSSR count). The maximum atomic E-state index is 9.57. The average Bonchev–Trinajstić information content (AvgIpc) is 3.67. The van der Waals surface area contributed by atoms with Crippen molar-refractivity contribution in [1.82, 2.24) is 0 Å². The molecule has 0 atom stereocenters. The van der Waals surface area contributed by atoms with Gasteiger partial charge in [0.2, 0.25) is 0 Å². The van der Waals surface area contributed by atoms with E-state index in [2.05, 4.69) is 0 Å². The van der Waals surface area contributed by atoms with E-state index in [0.29, 0.717) is 28.0 Å². The van der Waals surface area contributed by atoms with Crippen LogP contribution in [0, 0.1) is 0 Å². The van der Waals surface area contributed by atoms with Crippen LogP contribution in [0.3, 0.4) is 0 Å². The Morgan fingerprint density at radius 2 is 0.808 bits per heavy atom. The molecule has 9 aromatic carbocycles. The molecular formula is C50H33NO. The first-order valence-electron chi connectivity index (χ1n) is 21.1. The molecule has 0 saturated carbocycles. The molecular weight excluding hydrogens is 631 g/mol. The molecule has 2 heteroatoms. The topological polar surface area (TPSA) is 16.4 Å². The summed E-state index contributed by atoms with van der Waals surface area (Å²) in [4.78, 5) is 1.34. The Hall–Kier alpha value is -6.90. The molecule has 0 N–H and O–H groups in total. The van der Waals surface area contributed by atoms with Crippen molar-refractivity contribution in [2.45, 2.75) is 0 Å². The summed E-state index contributed by atoms with van der Waals surface area (Å²) < 4.78 is 82.2. The molecule has 0 spiro atoms. The number of fused-ring (bicyclic) bond motifs is 5. The van der Waals surface area contributed by atoms with E-state index >= 15 is 0 Å². The highest BCUT2D eigenvalue weighted by Gasteiger charge is 2.16. The van der Waals surface area contributed by atoms with E-state index in [1.807, 2.05) is 121 Å². The van der Waals surface area contributed by atoms with Crippen LogP contribution >= 0.6 is 0 Å². The van der Waals surface area contributed by atoms with Crippen molar-refractivity contribution in [3.8, 4) is 33.4 Å². The van der Waals surface area contributed by atoms with Gasteiger partial charge in [0.15, 0.2) is 0 Å². The second kappa shape index (κ2) is 12.5. The Morgan fingerprint density at radius 3 is 1.44 bits per heavy atom. The number of para-hydroxylation sites is 2. The quantitative estimate of drug-likeness (QED) is 0.175. The Labute approximate surface area is 313 Å². The number of hydrogen-bond acceptors (Lipinski definition) is 2. The van der Waals surface area contributed by atoms with Gasteiger partial charge in [-0.2, -0.15) is 0 Å². The van der Waals surface area contributed by atoms with Gasteiger partial charge in [-0.3, -0.25) is 0 Å². The van der Waals surface area contributed by atoms with Crippen LogP contribution in [0.4, 0.5) is 17.1 Å². The number of rotatable bonds is 6. The van der Waals surface area contributed by atoms with E-state index in [0.717, 1.165) is 43.4 Å². The zero-order chi connectivity index (χ0) is 41.4. The minimum Gasteiger partial charge on any atom is -0.455 e. The lowest BCUT2D eigenvalue weighted by atomic mass is 9.97. The molecule has 0 saturated heterocycles. The molecule has 1 heterocycles. The van der Waals surface area contributed by atoms with Gasteiger partial charge in [0, 0.05) is 33.4 Å². The molecule has 0 aliphatic heterocycles. The molecule has 0 aliphatic carbocycles. The van der Waals surface area contributed by atoms with Crippen molar-refractivity contribution >= 4 is 60.5 Å². The van der Waals surface area contributed by atoms with Gasteiger partial charge >= 0.3 is 0 Å². The fourth-order valence-corrected chi connectivity index (χ4v) is 7.13. The normalized spacial score (nSPS) is 13.6. The summed E-state index contributed by atoms with van der Waals surface area (Å²) in [5.41, 5.74) is 3.88. The predicted octanol–water partition coefficient (Wildman–Crippen LogP) is 14.4. The monoisotopic (exact) mass is 671 g/mol. The van der Waals surface area contributed by atoms with E-state index in [1.54, 1.807) is 30.3 Å². The summed E-state index contributed by atoms with van der Waals surface area (Å²) in [6.07, 6.45) is 0. The van der Waals surface area contributed by atoms with Gasteiger partial charge in [0.1, 0.15) is 11.2 Å². The number of hydrogen-bond donors (Lipinski definition) is 0. The van der Waals surface area contributed by atoms with Crippen LogP contribution in [0.25, 0.3) is 76.9 Å². The van der Waals surface area contributed by atoms with Crippen LogP contribution < -0.4 is 4.90 Å². The van der Waals surface area contributed by atoms with Crippen LogP contribution in [0.15, 0.2) is 204 Å². The average molecular weight is 672 g/mol. The zero-order valence-electron chi connectivity index (χ0n) is 35.8. The summed E-state index contributed by atoms with van der Waals surface area (Å²) >= 11 is 0. The molecule has 244 valence electrons. The molecule has 2 nitrogen and oxygen atoms in total. The van der Waals surface area contributed by atoms with Crippen molar-refractivity contribution < 1.29 is 15.4 Å². The third kappa shape index (κ3) is 5.12. The Bertz CT molecular complexity index is 3310. The maximum absolute atomic E-state index is 9.57. The smallest absolute Gasteiger partial charge is 0.143 e. The number of benzene rings is 9. The zero-order valence-corrected chi connectivity index (χ0v) is 27.8. The fraction of sp³-hybridized carbons (Fsp3) is 0. The minimum atomic E-state index is -0.424. The molecule has 0 aliphatic rings. The van der Waals surface area contributed by atoms with Gasteiger partial charge < -0.3 is 9.32 Å². The third-order valence-corrected chi connectivity index (χ3v) is 9.63. The van der Waals surface area contributed by atoms with Crippen LogP contribution in [0.1, 0.15) is 11.0 Å². The molecule has 0 fully saturated rings. The largest absolute Gasteiger partial charge is 0.455 e. The van der Waals surface area contributed by atoms with Crippen molar-refractivity contribution in [3.05, 3.63) is 200 Å². The van der Waals surface area contributed by atoms with Gasteiger partial charge in [0.25, 0.3) is 0 Å². The Morgan fingerprint density at radius 1 is 0.346 bits per heavy atom. The molecule has 0 unspecified atom stereocenters. The van der Waals surface area contributed by atoms with E-state index in [4.69, 9.17) is 4.42 Å². The lowest BCUT2D eigenvalue weighted by molar-refractivity contribution is 0.670. The molecule has 0 radical (unpaired) electrons. The summed E-state index contributed by atoms with van der Waals surface area (Å²) in [5, 5.41) is 5.39. The molecule has 52 heavy (non-hydrogen) atoms. The van der Waals surface area contributed by atoms with Crippen molar-refractivity contribution in [3.63, 3.8) is 0 Å². The summed E-state index contributed by atoms with van der Waals surface area (Å²) in [5.74, 6) is 0. The van der Waals surface area contributed by atoms with Crippen LogP contribution in [0.5, 0.6) is 0 Å². The van der Waals surface area contributed by atoms with Gasteiger partial charge in [-0.05, 0) is 91.7 Å². The third-order valence-electron chi connectivity index (χ3n) is 9.63. The van der Waals surface area contributed by atoms with Crippen LogP contribution in [-0.4, -0.2) is 0 Å². The van der Waals surface area contributed by atoms with E-state index < -0.39 is 24.2 Å². The Kier molecular flexibility index (Phi) is 5.45. The number of nitrogens with zero attached hydrogens (tertiary/aromatic N) is 1. The van der Waals surface area contributed by atoms with Gasteiger partial charge in [0.05, 0.1) is 11.0 Å². The van der Waals surface area contributed by atoms with E-state index in [1.165, 1.54) is 4.90 Å². The van der Waals surface area contributed by atoms with Crippen molar-refractivity contribution in [2.75, 3.05) is 4.90 Å². The first kappa shape index (κ1) is 22.7. The van der Waals surface area contributed by atoms with Crippen molar-refractivity contribution in [2.24, 2.45) is 0 Å². The second-order valence-corrected chi connectivity index (χ2v) is 12.7.